The van der Waals surface area contributed by atoms with Crippen LogP contribution in [0, 0.1) is 0 Å². The van der Waals surface area contributed by atoms with Crippen molar-refractivity contribution in [2.45, 2.75) is 13.5 Å². The molecule has 0 radical (unpaired) electrons. The van der Waals surface area contributed by atoms with E-state index in [0.717, 1.165) is 11.1 Å². The van der Waals surface area contributed by atoms with E-state index in [0.29, 0.717) is 30.4 Å². The average Bonchev–Trinajstić information content (AvgIpc) is 2.75. The minimum atomic E-state index is -0.616. The highest BCUT2D eigenvalue weighted by Gasteiger charge is 2.07. The van der Waals surface area contributed by atoms with Gasteiger partial charge in [0.2, 0.25) is 0 Å². The zero-order chi connectivity index (χ0) is 21.1. The van der Waals surface area contributed by atoms with Crippen LogP contribution in [-0.2, 0) is 20.9 Å². The number of methoxy groups -OCH3 is 2. The van der Waals surface area contributed by atoms with Crippen LogP contribution < -0.4 is 19.5 Å². The van der Waals surface area contributed by atoms with Gasteiger partial charge >= 0.3 is 5.97 Å². The van der Waals surface area contributed by atoms with Crippen LogP contribution in [0.5, 0.6) is 17.2 Å². The minimum absolute atomic E-state index is 0.315. The number of rotatable bonds is 10. The lowest BCUT2D eigenvalue weighted by atomic mass is 10.2. The molecule has 0 saturated heterocycles. The summed E-state index contributed by atoms with van der Waals surface area (Å²) in [4.78, 5) is 23.7. The molecule has 1 amide bonds. The zero-order valence-electron chi connectivity index (χ0n) is 16.8. The Morgan fingerprint density at radius 1 is 1.03 bits per heavy atom. The van der Waals surface area contributed by atoms with E-state index in [1.165, 1.54) is 6.08 Å². The van der Waals surface area contributed by atoms with Gasteiger partial charge in [0.25, 0.3) is 5.91 Å². The molecule has 0 unspecified atom stereocenters. The third-order valence-electron chi connectivity index (χ3n) is 3.87. The number of hydrogen-bond donors (Lipinski definition) is 1. The quantitative estimate of drug-likeness (QED) is 0.489. The van der Waals surface area contributed by atoms with Gasteiger partial charge in [-0.3, -0.25) is 4.79 Å². The van der Waals surface area contributed by atoms with Crippen molar-refractivity contribution in [3.63, 3.8) is 0 Å². The number of carbonyl (C=O) groups excluding carboxylic acids is 2. The molecule has 2 aromatic rings. The molecule has 0 bridgehead atoms. The molecule has 2 rings (SSSR count). The molecule has 154 valence electrons. The van der Waals surface area contributed by atoms with Gasteiger partial charge in [0.05, 0.1) is 20.8 Å². The number of nitrogens with one attached hydrogen (secondary N) is 1. The van der Waals surface area contributed by atoms with E-state index in [2.05, 4.69) is 5.32 Å². The number of amides is 1. The van der Waals surface area contributed by atoms with Crippen molar-refractivity contribution in [1.82, 2.24) is 5.32 Å². The van der Waals surface area contributed by atoms with Crippen molar-refractivity contribution in [2.24, 2.45) is 0 Å². The number of hydrogen-bond acceptors (Lipinski definition) is 6. The Hall–Kier alpha value is -3.48. The van der Waals surface area contributed by atoms with Crippen molar-refractivity contribution in [3.8, 4) is 17.2 Å². The van der Waals surface area contributed by atoms with Gasteiger partial charge < -0.3 is 24.3 Å². The molecule has 0 atom stereocenters. The maximum atomic E-state index is 11.9. The molecule has 0 heterocycles. The molecule has 0 aliphatic carbocycles. The Labute approximate surface area is 170 Å². The number of ether oxygens (including phenoxy) is 4. The lowest BCUT2D eigenvalue weighted by Gasteiger charge is -2.09. The number of carbonyl (C=O) groups is 2. The van der Waals surface area contributed by atoms with Crippen LogP contribution in [0.2, 0.25) is 0 Å². The normalized spacial score (nSPS) is 10.4. The Morgan fingerprint density at radius 3 is 2.59 bits per heavy atom. The molecular weight excluding hydrogens is 374 g/mol. The van der Waals surface area contributed by atoms with Crippen LogP contribution >= 0.6 is 0 Å². The first-order valence-corrected chi connectivity index (χ1v) is 9.11. The molecule has 1 N–H and O–H groups in total. The van der Waals surface area contributed by atoms with E-state index < -0.39 is 11.9 Å². The first-order chi connectivity index (χ1) is 14.0. The lowest BCUT2D eigenvalue weighted by Crippen LogP contribution is -2.28. The van der Waals surface area contributed by atoms with Crippen molar-refractivity contribution >= 4 is 18.0 Å². The molecule has 7 nitrogen and oxygen atoms in total. The predicted octanol–water partition coefficient (Wildman–Crippen LogP) is 2.98. The molecule has 29 heavy (non-hydrogen) atoms. The average molecular weight is 399 g/mol. The first kappa shape index (κ1) is 21.8. The van der Waals surface area contributed by atoms with Gasteiger partial charge in [0, 0.05) is 12.6 Å². The Morgan fingerprint density at radius 2 is 1.86 bits per heavy atom. The molecule has 7 heteroatoms. The monoisotopic (exact) mass is 399 g/mol. The van der Waals surface area contributed by atoms with Crippen LogP contribution in [0.4, 0.5) is 0 Å². The van der Waals surface area contributed by atoms with Gasteiger partial charge in [-0.2, -0.15) is 0 Å². The minimum Gasteiger partial charge on any atom is -0.497 e. The first-order valence-electron chi connectivity index (χ1n) is 9.11. The second-order valence-electron chi connectivity index (χ2n) is 5.91. The fraction of sp³-hybridized carbons (Fsp3) is 0.273. The number of benzene rings is 2. The van der Waals surface area contributed by atoms with Crippen LogP contribution in [0.25, 0.3) is 6.08 Å². The van der Waals surface area contributed by atoms with Crippen molar-refractivity contribution in [2.75, 3.05) is 27.4 Å². The third-order valence-corrected chi connectivity index (χ3v) is 3.87. The molecular formula is C22H25NO6. The Bertz CT molecular complexity index is 862. The lowest BCUT2D eigenvalue weighted by molar-refractivity contribution is -0.143. The highest BCUT2D eigenvalue weighted by Crippen LogP contribution is 2.28. The van der Waals surface area contributed by atoms with E-state index in [9.17, 15) is 9.59 Å². The van der Waals surface area contributed by atoms with Gasteiger partial charge in [-0.25, -0.2) is 4.79 Å². The SMILES string of the molecule is CCOc1ccc(/C=C/C(=O)OCC(=O)NCc2cccc(OC)c2)cc1OC. The summed E-state index contributed by atoms with van der Waals surface area (Å²) in [6.07, 6.45) is 2.83. The van der Waals surface area contributed by atoms with Crippen molar-refractivity contribution < 1.29 is 28.5 Å². The summed E-state index contributed by atoms with van der Waals surface area (Å²) in [6.45, 7) is 2.36. The topological polar surface area (TPSA) is 83.1 Å². The highest BCUT2D eigenvalue weighted by molar-refractivity contribution is 5.89. The Kier molecular flexibility index (Phi) is 8.56. The second-order valence-corrected chi connectivity index (χ2v) is 5.91. The van der Waals surface area contributed by atoms with Crippen LogP contribution in [-0.4, -0.2) is 39.3 Å². The Balaban J connectivity index is 1.80. The van der Waals surface area contributed by atoms with E-state index in [-0.39, 0.29) is 6.61 Å². The van der Waals surface area contributed by atoms with Gasteiger partial charge in [-0.1, -0.05) is 18.2 Å². The fourth-order valence-corrected chi connectivity index (χ4v) is 2.45. The van der Waals surface area contributed by atoms with Crippen LogP contribution in [0.15, 0.2) is 48.5 Å². The third kappa shape index (κ3) is 7.21. The summed E-state index contributed by atoms with van der Waals surface area (Å²) in [5.74, 6) is 0.896. The summed E-state index contributed by atoms with van der Waals surface area (Å²) in [5, 5.41) is 2.69. The van der Waals surface area contributed by atoms with E-state index >= 15 is 0 Å². The van der Waals surface area contributed by atoms with Crippen molar-refractivity contribution in [1.29, 1.82) is 0 Å². The van der Waals surface area contributed by atoms with Gasteiger partial charge in [-0.05, 0) is 48.4 Å². The fourth-order valence-electron chi connectivity index (χ4n) is 2.45. The molecule has 0 saturated carbocycles. The molecule has 0 aliphatic rings. The van der Waals surface area contributed by atoms with Gasteiger partial charge in [0.15, 0.2) is 18.1 Å². The smallest absolute Gasteiger partial charge is 0.331 e. The van der Waals surface area contributed by atoms with Crippen LogP contribution in [0.3, 0.4) is 0 Å². The standard InChI is InChI=1S/C22H25NO6/c1-4-28-19-10-8-16(13-20(19)27-3)9-11-22(25)29-15-21(24)23-14-17-6-5-7-18(12-17)26-2/h5-13H,4,14-15H2,1-3H3,(H,23,24)/b11-9+. The van der Waals surface area contributed by atoms with E-state index in [1.807, 2.05) is 31.2 Å². The summed E-state index contributed by atoms with van der Waals surface area (Å²) in [5.41, 5.74) is 1.62. The summed E-state index contributed by atoms with van der Waals surface area (Å²) >= 11 is 0. The highest BCUT2D eigenvalue weighted by atomic mass is 16.5. The van der Waals surface area contributed by atoms with E-state index in [1.54, 1.807) is 38.5 Å². The largest absolute Gasteiger partial charge is 0.497 e. The molecule has 0 spiro atoms. The van der Waals surface area contributed by atoms with Crippen LogP contribution in [0.1, 0.15) is 18.1 Å². The maximum absolute atomic E-state index is 11.9. The molecule has 0 aromatic heterocycles. The van der Waals surface area contributed by atoms with Gasteiger partial charge in [-0.15, -0.1) is 0 Å². The molecule has 2 aromatic carbocycles. The zero-order valence-corrected chi connectivity index (χ0v) is 16.8. The van der Waals surface area contributed by atoms with Gasteiger partial charge in [0.1, 0.15) is 5.75 Å². The molecule has 0 fully saturated rings. The summed E-state index contributed by atoms with van der Waals surface area (Å²) < 4.78 is 20.8. The summed E-state index contributed by atoms with van der Waals surface area (Å²) in [6, 6.07) is 12.6. The summed E-state index contributed by atoms with van der Waals surface area (Å²) in [7, 11) is 3.12. The maximum Gasteiger partial charge on any atom is 0.331 e. The van der Waals surface area contributed by atoms with Crippen molar-refractivity contribution in [3.05, 3.63) is 59.7 Å². The predicted molar refractivity (Wildman–Crippen MR) is 109 cm³/mol. The second kappa shape index (κ2) is 11.4. The molecule has 0 aliphatic heterocycles. The number of esters is 1. The van der Waals surface area contributed by atoms with E-state index in [4.69, 9.17) is 18.9 Å².